The summed E-state index contributed by atoms with van der Waals surface area (Å²) in [6.45, 7) is 0.890. The highest BCUT2D eigenvalue weighted by Crippen LogP contribution is 2.43. The third-order valence-corrected chi connectivity index (χ3v) is 16.2. The summed E-state index contributed by atoms with van der Waals surface area (Å²) in [4.78, 5) is 59.4. The molecule has 6 aromatic rings. The average Bonchev–Trinajstić information content (AvgIpc) is 0.774. The van der Waals surface area contributed by atoms with E-state index >= 15 is 0 Å². The topological polar surface area (TPSA) is 597 Å². The third kappa shape index (κ3) is 18.6. The zero-order chi connectivity index (χ0) is 74.1. The van der Waals surface area contributed by atoms with Gasteiger partial charge in [-0.2, -0.15) is 0 Å². The van der Waals surface area contributed by atoms with Crippen LogP contribution in [0, 0.1) is 0 Å². The number of hydrogen-bond donors (Lipinski definition) is 21. The monoisotopic (exact) mass is 1420 g/mol. The molecule has 3 aliphatic heterocycles. The van der Waals surface area contributed by atoms with E-state index in [1.165, 1.54) is 67.6 Å². The van der Waals surface area contributed by atoms with Crippen molar-refractivity contribution in [1.82, 2.24) is 0 Å². The second-order valence-electron chi connectivity index (χ2n) is 23.5. The molecule has 5 aromatic carbocycles. The Kier molecular flexibility index (Phi) is 25.3. The Bertz CT molecular complexity index is 4010. The van der Waals surface area contributed by atoms with Crippen LogP contribution in [0.5, 0.6) is 51.7 Å². The molecule has 10 rings (SSSR count). The Morgan fingerprint density at radius 3 is 1.69 bits per heavy atom. The summed E-state index contributed by atoms with van der Waals surface area (Å²) in [5, 5.41) is 207. The van der Waals surface area contributed by atoms with Crippen molar-refractivity contribution in [3.05, 3.63) is 136 Å². The van der Waals surface area contributed by atoms with Crippen molar-refractivity contribution < 1.29 is 169 Å². The highest BCUT2D eigenvalue weighted by Gasteiger charge is 2.52. The minimum atomic E-state index is -2.31. The Labute approximate surface area is 568 Å². The van der Waals surface area contributed by atoms with Crippen LogP contribution in [-0.2, 0) is 58.8 Å². The van der Waals surface area contributed by atoms with Crippen molar-refractivity contribution in [2.45, 2.75) is 142 Å². The number of benzene rings is 5. The molecule has 1 aliphatic carbocycles. The molecular weight excluding hydrogens is 1350 g/mol. The lowest BCUT2D eigenvalue weighted by Gasteiger charge is -2.43. The van der Waals surface area contributed by atoms with Crippen LogP contribution in [-0.4, -0.2) is 260 Å². The van der Waals surface area contributed by atoms with Crippen LogP contribution in [0.25, 0.3) is 34.4 Å². The van der Waals surface area contributed by atoms with Crippen LogP contribution >= 0.6 is 0 Å². The average molecular weight is 1430 g/mol. The first-order valence-corrected chi connectivity index (χ1v) is 30.4. The van der Waals surface area contributed by atoms with Gasteiger partial charge in [0.15, 0.2) is 81.8 Å². The van der Waals surface area contributed by atoms with Crippen LogP contribution < -0.4 is 10.2 Å². The number of hydrogen-bond acceptors (Lipinski definition) is 33. The molecule has 3 saturated heterocycles. The van der Waals surface area contributed by atoms with Crippen LogP contribution in [0.4, 0.5) is 0 Å². The summed E-state index contributed by atoms with van der Waals surface area (Å²) in [5.74, 6) is -9.38. The van der Waals surface area contributed by atoms with Crippen molar-refractivity contribution in [2.24, 2.45) is 0 Å². The second kappa shape index (κ2) is 33.1. The Morgan fingerprint density at radius 2 is 1.11 bits per heavy atom. The van der Waals surface area contributed by atoms with Gasteiger partial charge in [-0.3, -0.25) is 4.79 Å². The van der Waals surface area contributed by atoms with Crippen molar-refractivity contribution >= 4 is 47.0 Å². The number of carbonyl (C=O) groups is 4. The van der Waals surface area contributed by atoms with Gasteiger partial charge in [0.25, 0.3) is 0 Å². The van der Waals surface area contributed by atoms with Crippen molar-refractivity contribution in [3.8, 4) is 63.1 Å². The van der Waals surface area contributed by atoms with Crippen molar-refractivity contribution in [2.75, 3.05) is 13.2 Å². The maximum Gasteiger partial charge on any atom is 0.335 e. The zero-order valence-electron chi connectivity index (χ0n) is 52.6. The van der Waals surface area contributed by atoms with Crippen LogP contribution in [0.15, 0.2) is 118 Å². The first kappa shape index (κ1) is 77.0. The summed E-state index contributed by atoms with van der Waals surface area (Å²) in [7, 11) is 0. The van der Waals surface area contributed by atoms with Crippen LogP contribution in [0.1, 0.15) is 36.5 Å². The molecule has 101 heavy (non-hydrogen) atoms. The SMILES string of the molecule is C[C@@H]1O[C@@H](OC[C@H]2O[C@@H](OCCc3ccc(O)c(O)c3)[C@H](O)[C@@H](O)[C@@H]2OC(=O)/C=C/c2ccc(O)c(O)c2)[C@H](O)[C@H](O)[C@H]1O.O=C(/C=C/c1ccc(O)c(O)c1)OC1C[C@](O)(C(=O)O)C[C@@H](O)[C@H]1O.O=C(O)[C@H]1O[C@@H](Oc2cc3oc(-c4ccccc4)cc(=O)c3c(O)c2O)[C@H](O)[C@@H](O)[C@@H]1O. The van der Waals surface area contributed by atoms with Gasteiger partial charge in [-0.1, -0.05) is 48.5 Å². The van der Waals surface area contributed by atoms with E-state index in [4.69, 9.17) is 52.5 Å². The van der Waals surface area contributed by atoms with Gasteiger partial charge >= 0.3 is 23.9 Å². The number of aliphatic hydroxyl groups is 11. The minimum absolute atomic E-state index is 0.0645. The second-order valence-corrected chi connectivity index (χ2v) is 23.5. The number of aliphatic carboxylic acids is 2. The van der Waals surface area contributed by atoms with E-state index in [0.717, 1.165) is 24.3 Å². The number of rotatable bonds is 18. The molecule has 21 N–H and O–H groups in total. The molecule has 0 amide bonds. The molecule has 0 radical (unpaired) electrons. The maximum absolute atomic E-state index is 12.7. The molecule has 35 nitrogen and oxygen atoms in total. The zero-order valence-corrected chi connectivity index (χ0v) is 52.6. The predicted octanol–water partition coefficient (Wildman–Crippen LogP) is -1.52. The fourth-order valence-electron chi connectivity index (χ4n) is 10.6. The molecule has 4 heterocycles. The summed E-state index contributed by atoms with van der Waals surface area (Å²) in [6.07, 6.45) is -25.2. The van der Waals surface area contributed by atoms with E-state index in [0.29, 0.717) is 22.3 Å². The van der Waals surface area contributed by atoms with Gasteiger partial charge in [0.05, 0.1) is 25.4 Å². The van der Waals surface area contributed by atoms with Gasteiger partial charge in [-0.15, -0.1) is 0 Å². The number of phenolic OH excluding ortho intramolecular Hbond substituents is 8. The van der Waals surface area contributed by atoms with E-state index in [-0.39, 0.29) is 58.5 Å². The Hall–Kier alpha value is -9.77. The lowest BCUT2D eigenvalue weighted by Crippen LogP contribution is -2.62. The minimum Gasteiger partial charge on any atom is -0.504 e. The molecule has 1 saturated carbocycles. The smallest absolute Gasteiger partial charge is 0.335 e. The van der Waals surface area contributed by atoms with E-state index in [1.807, 2.05) is 0 Å². The number of carbonyl (C=O) groups excluding carboxylic acids is 2. The number of carboxylic acids is 2. The molecule has 19 atom stereocenters. The van der Waals surface area contributed by atoms with E-state index in [1.54, 1.807) is 36.4 Å². The third-order valence-electron chi connectivity index (χ3n) is 16.2. The highest BCUT2D eigenvalue weighted by molar-refractivity contribution is 5.90. The van der Waals surface area contributed by atoms with Gasteiger partial charge in [-0.25, -0.2) is 19.2 Å². The fourth-order valence-corrected chi connectivity index (χ4v) is 10.6. The number of aromatic hydroxyl groups is 8. The molecule has 546 valence electrons. The Morgan fingerprint density at radius 1 is 0.554 bits per heavy atom. The fraction of sp³-hybridized carbons (Fsp3) is 0.379. The summed E-state index contributed by atoms with van der Waals surface area (Å²) in [5.41, 5.74) is -1.27. The molecule has 0 bridgehead atoms. The van der Waals surface area contributed by atoms with Gasteiger partial charge in [0, 0.05) is 42.7 Å². The van der Waals surface area contributed by atoms with E-state index in [9.17, 15) is 121 Å². The molecule has 1 unspecified atom stereocenters. The van der Waals surface area contributed by atoms with Gasteiger partial charge in [0.2, 0.25) is 12.0 Å². The summed E-state index contributed by atoms with van der Waals surface area (Å²) >= 11 is 0. The normalized spacial score (nSPS) is 29.5. The molecule has 4 aliphatic rings. The van der Waals surface area contributed by atoms with Gasteiger partial charge in [0.1, 0.15) is 83.9 Å². The van der Waals surface area contributed by atoms with Crippen LogP contribution in [0.3, 0.4) is 0 Å². The lowest BCUT2D eigenvalue weighted by molar-refractivity contribution is -0.328. The maximum atomic E-state index is 12.7. The number of fused-ring (bicyclic) bond motifs is 1. The van der Waals surface area contributed by atoms with Gasteiger partial charge in [-0.05, 0) is 78.6 Å². The number of ether oxygens (including phenoxy) is 8. The van der Waals surface area contributed by atoms with Crippen molar-refractivity contribution in [3.63, 3.8) is 0 Å². The van der Waals surface area contributed by atoms with Gasteiger partial charge < -0.3 is 150 Å². The predicted molar refractivity (Wildman–Crippen MR) is 336 cm³/mol. The molecule has 0 spiro atoms. The highest BCUT2D eigenvalue weighted by atomic mass is 16.7. The first-order chi connectivity index (χ1) is 47.7. The molecule has 1 aromatic heterocycles. The number of esters is 2. The van der Waals surface area contributed by atoms with Crippen molar-refractivity contribution in [1.29, 1.82) is 0 Å². The lowest BCUT2D eigenvalue weighted by atomic mass is 9.79. The Balaban J connectivity index is 0.000000201. The molecule has 35 heteroatoms. The quantitative estimate of drug-likeness (QED) is 0.0264. The number of carboxylic acid groups (broad SMARTS) is 2. The molecular formula is C66H72O35. The standard InChI is InChI=1S/C29H36O15.C21H18O11.C16H18O9/c1-13-22(35)23(36)25(38)29(42-13)41-12-20-27(44-21(34)7-4-14-2-5-16(30)18(32)10-14)24(37)26(39)28(43-20)40-9-8-15-3-6-17(31)19(33)11-15;22-9-6-10(8-4-2-1-3-5-8)30-11-7-12(14(23)15(24)13(9)11)31-21-18(27)16(25)17(26)19(32-21)20(28)29;17-9-3-1-8(5-10(9)18)2-4-13(20)25-12-7-16(24,15(22)23)6-11(19)14(12)21/h2-7,10-11,13,20,22-33,35-39H,8-9,12H2,1H3;1-7,16-19,21,23-27H,(H,28,29);1-5,11-12,14,17-19,21,24H,6-7H2,(H,22,23)/b7-4+;;4-2+/t13-,20+,22-,23+,24+,25+,26+,27+,28+,29+;16-,17-,18+,19-,21+;11-,12?,14-,16+/m001/s1. The number of aliphatic hydroxyl groups excluding tert-OH is 10. The largest absolute Gasteiger partial charge is 0.504 e. The summed E-state index contributed by atoms with van der Waals surface area (Å²) < 4.78 is 48.7. The summed E-state index contributed by atoms with van der Waals surface area (Å²) in [6, 6.07) is 22.6. The van der Waals surface area contributed by atoms with E-state index in [2.05, 4.69) is 0 Å². The van der Waals surface area contributed by atoms with Crippen LogP contribution in [0.2, 0.25) is 0 Å². The number of phenols is 8. The molecule has 4 fully saturated rings. The first-order valence-electron chi connectivity index (χ1n) is 30.4. The van der Waals surface area contributed by atoms with E-state index < -0.39 is 188 Å².